The van der Waals surface area contributed by atoms with Crippen LogP contribution in [0, 0.1) is 6.92 Å². The maximum absolute atomic E-state index is 12.3. The monoisotopic (exact) mass is 287 g/mol. The highest BCUT2D eigenvalue weighted by Gasteiger charge is 2.14. The predicted molar refractivity (Wildman–Crippen MR) is 82.8 cm³/mol. The zero-order valence-electron chi connectivity index (χ0n) is 11.8. The maximum atomic E-state index is 12.3. The largest absolute Gasteiger partial charge is 0.321 e. The predicted octanol–water partition coefficient (Wildman–Crippen LogP) is 4.07. The maximum Gasteiger partial charge on any atom is 0.265 e. The minimum atomic E-state index is -0.161. The van der Waals surface area contributed by atoms with Crippen LogP contribution in [0.4, 0.5) is 5.69 Å². The van der Waals surface area contributed by atoms with E-state index in [2.05, 4.69) is 12.2 Å². The van der Waals surface area contributed by atoms with Gasteiger partial charge in [0, 0.05) is 5.69 Å². The molecule has 2 aromatic rings. The second-order valence-electron chi connectivity index (χ2n) is 4.64. The van der Waals surface area contributed by atoms with Crippen LogP contribution < -0.4 is 5.32 Å². The van der Waals surface area contributed by atoms with E-state index in [-0.39, 0.29) is 11.7 Å². The third-order valence-electron chi connectivity index (χ3n) is 3.16. The number of para-hydroxylation sites is 1. The van der Waals surface area contributed by atoms with Gasteiger partial charge in [0.25, 0.3) is 5.91 Å². The zero-order valence-corrected chi connectivity index (χ0v) is 12.6. The Morgan fingerprint density at radius 1 is 1.15 bits per heavy atom. The molecule has 104 valence electrons. The molecule has 0 aliphatic heterocycles. The van der Waals surface area contributed by atoms with Gasteiger partial charge in [-0.3, -0.25) is 9.59 Å². The second kappa shape index (κ2) is 6.01. The molecule has 1 N–H and O–H groups in total. The van der Waals surface area contributed by atoms with Crippen LogP contribution in [0.2, 0.25) is 0 Å². The highest BCUT2D eigenvalue weighted by atomic mass is 32.1. The fourth-order valence-corrected chi connectivity index (χ4v) is 2.82. The number of Topliss-reactive ketones (excluding diaryl/α,β-unsaturated/α-hetero) is 1. The SMILES string of the molecule is CCc1cccc(C)c1NC(=O)c1ccc(C(C)=O)s1. The quantitative estimate of drug-likeness (QED) is 0.861. The van der Waals surface area contributed by atoms with Crippen molar-refractivity contribution in [3.05, 3.63) is 51.2 Å². The van der Waals surface area contributed by atoms with Crippen LogP contribution in [0.15, 0.2) is 30.3 Å². The summed E-state index contributed by atoms with van der Waals surface area (Å²) in [6.07, 6.45) is 0.862. The highest BCUT2D eigenvalue weighted by Crippen LogP contribution is 2.24. The Balaban J connectivity index is 2.25. The number of carbonyl (C=O) groups is 2. The van der Waals surface area contributed by atoms with Gasteiger partial charge in [0.1, 0.15) is 0 Å². The zero-order chi connectivity index (χ0) is 14.7. The molecule has 3 nitrogen and oxygen atoms in total. The Morgan fingerprint density at radius 3 is 2.45 bits per heavy atom. The number of anilines is 1. The van der Waals surface area contributed by atoms with E-state index in [1.54, 1.807) is 12.1 Å². The molecule has 0 saturated carbocycles. The van der Waals surface area contributed by atoms with E-state index in [9.17, 15) is 9.59 Å². The number of hydrogen-bond donors (Lipinski definition) is 1. The standard InChI is InChI=1S/C16H17NO2S/c1-4-12-7-5-6-10(2)15(12)17-16(19)14-9-8-13(20-14)11(3)18/h5-9H,4H2,1-3H3,(H,17,19). The fraction of sp³-hybridized carbons (Fsp3) is 0.250. The van der Waals surface area contributed by atoms with Gasteiger partial charge < -0.3 is 5.32 Å². The van der Waals surface area contributed by atoms with Gasteiger partial charge in [0.05, 0.1) is 9.75 Å². The lowest BCUT2D eigenvalue weighted by molar-refractivity contribution is 0.101. The molecular formula is C16H17NO2S. The van der Waals surface area contributed by atoms with E-state index in [0.717, 1.165) is 23.2 Å². The van der Waals surface area contributed by atoms with Crippen LogP contribution in [0.5, 0.6) is 0 Å². The molecule has 2 rings (SSSR count). The van der Waals surface area contributed by atoms with Gasteiger partial charge in [-0.2, -0.15) is 0 Å². The van der Waals surface area contributed by atoms with Crippen LogP contribution in [-0.4, -0.2) is 11.7 Å². The summed E-state index contributed by atoms with van der Waals surface area (Å²) in [5, 5.41) is 2.96. The molecule has 0 unspecified atom stereocenters. The Kier molecular flexibility index (Phi) is 4.35. The number of amides is 1. The van der Waals surface area contributed by atoms with Gasteiger partial charge >= 0.3 is 0 Å². The molecule has 1 aromatic carbocycles. The number of thiophene rings is 1. The number of ketones is 1. The first-order valence-corrected chi connectivity index (χ1v) is 7.35. The molecule has 0 fully saturated rings. The summed E-state index contributed by atoms with van der Waals surface area (Å²) in [5.74, 6) is -0.175. The summed E-state index contributed by atoms with van der Waals surface area (Å²) >= 11 is 1.23. The van der Waals surface area contributed by atoms with Crippen molar-refractivity contribution in [2.45, 2.75) is 27.2 Å². The fourth-order valence-electron chi connectivity index (χ4n) is 2.03. The lowest BCUT2D eigenvalue weighted by atomic mass is 10.1. The molecule has 0 atom stereocenters. The Labute approximate surface area is 122 Å². The molecule has 0 radical (unpaired) electrons. The van der Waals surface area contributed by atoms with E-state index in [0.29, 0.717) is 9.75 Å². The summed E-state index contributed by atoms with van der Waals surface area (Å²) < 4.78 is 0. The highest BCUT2D eigenvalue weighted by molar-refractivity contribution is 7.16. The first kappa shape index (κ1) is 14.5. The molecule has 4 heteroatoms. The third kappa shape index (κ3) is 2.96. The average Bonchev–Trinajstić information content (AvgIpc) is 2.91. The Hall–Kier alpha value is -1.94. The molecule has 0 aliphatic carbocycles. The minimum absolute atomic E-state index is 0.0146. The van der Waals surface area contributed by atoms with Gasteiger partial charge in [0.2, 0.25) is 0 Å². The number of benzene rings is 1. The van der Waals surface area contributed by atoms with Crippen molar-refractivity contribution in [3.8, 4) is 0 Å². The van der Waals surface area contributed by atoms with Crippen molar-refractivity contribution in [3.63, 3.8) is 0 Å². The molecular weight excluding hydrogens is 270 g/mol. The van der Waals surface area contributed by atoms with Gasteiger partial charge in [0.15, 0.2) is 5.78 Å². The molecule has 0 saturated heterocycles. The van der Waals surface area contributed by atoms with Crippen LogP contribution >= 0.6 is 11.3 Å². The van der Waals surface area contributed by atoms with Gasteiger partial charge in [-0.05, 0) is 43.5 Å². The molecule has 20 heavy (non-hydrogen) atoms. The van der Waals surface area contributed by atoms with E-state index >= 15 is 0 Å². The molecule has 1 aromatic heterocycles. The summed E-state index contributed by atoms with van der Waals surface area (Å²) in [6, 6.07) is 9.37. The van der Waals surface area contributed by atoms with Crippen LogP contribution in [0.1, 0.15) is 44.3 Å². The number of nitrogens with one attached hydrogen (secondary N) is 1. The van der Waals surface area contributed by atoms with Crippen LogP contribution in [0.25, 0.3) is 0 Å². The third-order valence-corrected chi connectivity index (χ3v) is 4.34. The summed E-state index contributed by atoms with van der Waals surface area (Å²) in [4.78, 5) is 24.7. The minimum Gasteiger partial charge on any atom is -0.321 e. The Bertz CT molecular complexity index is 658. The Morgan fingerprint density at radius 2 is 1.85 bits per heavy atom. The lowest BCUT2D eigenvalue weighted by Gasteiger charge is -2.12. The van der Waals surface area contributed by atoms with Gasteiger partial charge in [-0.25, -0.2) is 0 Å². The first-order valence-electron chi connectivity index (χ1n) is 6.53. The van der Waals surface area contributed by atoms with E-state index in [1.165, 1.54) is 18.3 Å². The molecule has 1 amide bonds. The smallest absolute Gasteiger partial charge is 0.265 e. The molecule has 0 bridgehead atoms. The van der Waals surface area contributed by atoms with E-state index < -0.39 is 0 Å². The van der Waals surface area contributed by atoms with Crippen molar-refractivity contribution < 1.29 is 9.59 Å². The number of carbonyl (C=O) groups excluding carboxylic acids is 2. The first-order chi connectivity index (χ1) is 9.52. The lowest BCUT2D eigenvalue weighted by Crippen LogP contribution is -2.12. The van der Waals surface area contributed by atoms with Gasteiger partial charge in [-0.15, -0.1) is 11.3 Å². The average molecular weight is 287 g/mol. The van der Waals surface area contributed by atoms with Gasteiger partial charge in [-0.1, -0.05) is 25.1 Å². The van der Waals surface area contributed by atoms with Crippen molar-refractivity contribution in [1.29, 1.82) is 0 Å². The van der Waals surface area contributed by atoms with Crippen LogP contribution in [-0.2, 0) is 6.42 Å². The van der Waals surface area contributed by atoms with Crippen molar-refractivity contribution in [2.24, 2.45) is 0 Å². The molecule has 0 aliphatic rings. The summed E-state index contributed by atoms with van der Waals surface area (Å²) in [6.45, 7) is 5.54. The summed E-state index contributed by atoms with van der Waals surface area (Å²) in [5.41, 5.74) is 3.03. The van der Waals surface area contributed by atoms with E-state index in [1.807, 2.05) is 25.1 Å². The number of aryl methyl sites for hydroxylation is 2. The summed E-state index contributed by atoms with van der Waals surface area (Å²) in [7, 11) is 0. The molecule has 0 spiro atoms. The van der Waals surface area contributed by atoms with Crippen molar-refractivity contribution in [2.75, 3.05) is 5.32 Å². The van der Waals surface area contributed by atoms with E-state index in [4.69, 9.17) is 0 Å². The van der Waals surface area contributed by atoms with Crippen molar-refractivity contribution in [1.82, 2.24) is 0 Å². The molecule has 1 heterocycles. The number of rotatable bonds is 4. The number of hydrogen-bond acceptors (Lipinski definition) is 3. The topological polar surface area (TPSA) is 46.2 Å². The van der Waals surface area contributed by atoms with Crippen LogP contribution in [0.3, 0.4) is 0 Å². The second-order valence-corrected chi connectivity index (χ2v) is 5.72. The van der Waals surface area contributed by atoms with Crippen molar-refractivity contribution >= 4 is 28.7 Å². The normalized spacial score (nSPS) is 10.3.